The second-order valence-electron chi connectivity index (χ2n) is 4.05. The van der Waals surface area contributed by atoms with E-state index in [0.29, 0.717) is 0 Å². The van der Waals surface area contributed by atoms with Gasteiger partial charge in [-0.1, -0.05) is 27.7 Å². The van der Waals surface area contributed by atoms with Crippen molar-refractivity contribution in [3.8, 4) is 0 Å². The first-order chi connectivity index (χ1) is 7.58. The average Bonchev–Trinajstić information content (AvgIpc) is 2.80. The van der Waals surface area contributed by atoms with Gasteiger partial charge in [-0.05, 0) is 0 Å². The van der Waals surface area contributed by atoms with Gasteiger partial charge in [0.1, 0.15) is 0 Å². The van der Waals surface area contributed by atoms with Gasteiger partial charge in [0.25, 0.3) is 0 Å². The van der Waals surface area contributed by atoms with E-state index in [1.807, 2.05) is 0 Å². The molecular weight excluding hydrogens is 427 g/mol. The molecule has 0 unspecified atom stereocenters. The SMILES string of the molecule is CC1=[C-]CC(C)=C1.CC1=[C-]CC(C)=C1.Cl.Cl.[CH3-].[CH3-].[GeH2]=[Zr]. The Morgan fingerprint density at radius 1 is 0.800 bits per heavy atom. The fourth-order valence-electron chi connectivity index (χ4n) is 1.50. The zero-order chi connectivity index (χ0) is 12.6. The van der Waals surface area contributed by atoms with E-state index in [1.165, 1.54) is 34.4 Å². The first-order valence-electron chi connectivity index (χ1n) is 5.42. The van der Waals surface area contributed by atoms with Gasteiger partial charge in [0.2, 0.25) is 0 Å². The van der Waals surface area contributed by atoms with Crippen LogP contribution in [0.25, 0.3) is 0 Å². The van der Waals surface area contributed by atoms with E-state index in [2.05, 4.69) is 52.0 Å². The Bertz CT molecular complexity index is 321. The molecule has 0 aromatic rings. The third-order valence-electron chi connectivity index (χ3n) is 2.22. The predicted molar refractivity (Wildman–Crippen MR) is 97.5 cm³/mol. The minimum absolute atomic E-state index is 0. The Labute approximate surface area is 159 Å². The standard InChI is InChI=1S/2C7H9.2CH3.2ClH.GeH2.Zr/c2*1-6-3-4-7(2)5-6;;;;;;/h2*5H,3H2,1-2H3;2*1H3;2*1H;1H2;/q4*-1;;;;. The van der Waals surface area contributed by atoms with Crippen LogP contribution in [0.1, 0.15) is 40.5 Å². The molecule has 0 spiro atoms. The van der Waals surface area contributed by atoms with Gasteiger partial charge in [-0.2, -0.15) is 11.1 Å². The molecule has 0 amide bonds. The van der Waals surface area contributed by atoms with Crippen molar-refractivity contribution in [2.75, 3.05) is 0 Å². The van der Waals surface area contributed by atoms with Crippen molar-refractivity contribution in [3.63, 3.8) is 0 Å². The first-order valence-corrected chi connectivity index (χ1v) is 15.9. The fourth-order valence-corrected chi connectivity index (χ4v) is 1.50. The van der Waals surface area contributed by atoms with E-state index >= 15 is 0 Å². The Morgan fingerprint density at radius 3 is 1.10 bits per heavy atom. The van der Waals surface area contributed by atoms with E-state index in [-0.39, 0.29) is 39.7 Å². The van der Waals surface area contributed by atoms with Gasteiger partial charge < -0.3 is 14.9 Å². The summed E-state index contributed by atoms with van der Waals surface area (Å²) in [6.45, 7) is 8.42. The number of rotatable bonds is 0. The zero-order valence-electron chi connectivity index (χ0n) is 13.6. The minimum atomic E-state index is 0. The van der Waals surface area contributed by atoms with Crippen LogP contribution in [0, 0.1) is 27.0 Å². The Morgan fingerprint density at radius 2 is 1.05 bits per heavy atom. The van der Waals surface area contributed by atoms with Gasteiger partial charge in [-0.25, -0.2) is 23.3 Å². The molecule has 118 valence electrons. The van der Waals surface area contributed by atoms with E-state index in [1.54, 1.807) is 21.6 Å². The molecule has 0 aliphatic heterocycles. The second kappa shape index (κ2) is 20.0. The topological polar surface area (TPSA) is 0 Å². The van der Waals surface area contributed by atoms with Crippen LogP contribution in [0.15, 0.2) is 34.4 Å². The van der Waals surface area contributed by atoms with E-state index in [0.717, 1.165) is 12.8 Å². The maximum absolute atomic E-state index is 3.19. The molecule has 2 rings (SSSR count). The van der Waals surface area contributed by atoms with Crippen LogP contribution < -0.4 is 0 Å². The van der Waals surface area contributed by atoms with Crippen LogP contribution in [0.4, 0.5) is 0 Å². The molecule has 4 heteroatoms. The molecule has 0 aromatic carbocycles. The van der Waals surface area contributed by atoms with Crippen molar-refractivity contribution < 1.29 is 21.6 Å². The molecule has 0 atom stereocenters. The normalized spacial score (nSPS) is 13.6. The van der Waals surface area contributed by atoms with E-state index in [9.17, 15) is 0 Å². The number of hydrogen-bond donors (Lipinski definition) is 0. The van der Waals surface area contributed by atoms with Crippen molar-refractivity contribution >= 4 is 37.0 Å². The van der Waals surface area contributed by atoms with Gasteiger partial charge in [0, 0.05) is 0 Å². The summed E-state index contributed by atoms with van der Waals surface area (Å²) in [5.41, 5.74) is 5.44. The van der Waals surface area contributed by atoms with E-state index in [4.69, 9.17) is 0 Å². The molecule has 0 heterocycles. The summed E-state index contributed by atoms with van der Waals surface area (Å²) in [5, 5.41) is 0. The molecule has 2 aliphatic rings. The molecular formula is C16H28Cl2GeZr-4. The predicted octanol–water partition coefficient (Wildman–Crippen LogP) is 5.00. The molecule has 2 aliphatic carbocycles. The summed E-state index contributed by atoms with van der Waals surface area (Å²) in [4.78, 5) is 0. The molecule has 20 heavy (non-hydrogen) atoms. The first kappa shape index (κ1) is 32.8. The van der Waals surface area contributed by atoms with Crippen LogP contribution in [0.3, 0.4) is 0 Å². The average molecular weight is 455 g/mol. The van der Waals surface area contributed by atoms with Crippen LogP contribution in [0.2, 0.25) is 0 Å². The summed E-state index contributed by atoms with van der Waals surface area (Å²) >= 11 is 3.14. The van der Waals surface area contributed by atoms with Crippen LogP contribution in [-0.4, -0.2) is 12.1 Å². The van der Waals surface area contributed by atoms with Crippen molar-refractivity contribution in [3.05, 3.63) is 61.4 Å². The zero-order valence-corrected chi connectivity index (χ0v) is 20.7. The Balaban J connectivity index is -0.0000000566. The quantitative estimate of drug-likeness (QED) is 0.357. The van der Waals surface area contributed by atoms with Crippen LogP contribution in [0.5, 0.6) is 0 Å². The van der Waals surface area contributed by atoms with Gasteiger partial charge in [-0.3, -0.25) is 12.2 Å². The maximum atomic E-state index is 3.19. The van der Waals surface area contributed by atoms with Gasteiger partial charge >= 0.3 is 33.7 Å². The Kier molecular flexibility index (Phi) is 32.7. The molecule has 0 N–H and O–H groups in total. The summed E-state index contributed by atoms with van der Waals surface area (Å²) < 4.78 is 0. The van der Waals surface area contributed by atoms with Crippen molar-refractivity contribution in [1.82, 2.24) is 0 Å². The fraction of sp³-hybridized carbons (Fsp3) is 0.375. The molecule has 0 saturated carbocycles. The summed E-state index contributed by atoms with van der Waals surface area (Å²) in [6.07, 6.45) is 12.8. The van der Waals surface area contributed by atoms with Crippen molar-refractivity contribution in [2.24, 2.45) is 0 Å². The van der Waals surface area contributed by atoms with E-state index < -0.39 is 0 Å². The summed E-state index contributed by atoms with van der Waals surface area (Å²) in [6, 6.07) is 0. The van der Waals surface area contributed by atoms with Crippen LogP contribution >= 0.6 is 24.8 Å². The molecule has 0 bridgehead atoms. The molecule has 0 radical (unpaired) electrons. The number of hydrogen-bond acceptors (Lipinski definition) is 0. The molecule has 0 saturated heterocycles. The molecule has 0 fully saturated rings. The summed E-state index contributed by atoms with van der Waals surface area (Å²) in [5.74, 6) is 0. The number of allylic oxidation sites excluding steroid dienone is 8. The third-order valence-corrected chi connectivity index (χ3v) is 2.22. The van der Waals surface area contributed by atoms with Gasteiger partial charge in [0.05, 0.1) is 0 Å². The van der Waals surface area contributed by atoms with Crippen LogP contribution in [-0.2, 0) is 21.6 Å². The third kappa shape index (κ3) is 17.0. The van der Waals surface area contributed by atoms with Crippen molar-refractivity contribution in [2.45, 2.75) is 40.5 Å². The van der Waals surface area contributed by atoms with Crippen molar-refractivity contribution in [1.29, 1.82) is 0 Å². The summed E-state index contributed by atoms with van der Waals surface area (Å²) in [7, 11) is 0. The number of halogens is 2. The van der Waals surface area contributed by atoms with Gasteiger partial charge in [0.15, 0.2) is 0 Å². The monoisotopic (exact) mass is 454 g/mol. The second-order valence-corrected chi connectivity index (χ2v) is 4.05. The Hall–Kier alpha value is 0.966. The molecule has 0 aromatic heterocycles. The van der Waals surface area contributed by atoms with Gasteiger partial charge in [-0.15, -0.1) is 37.7 Å². The molecule has 0 nitrogen and oxygen atoms in total.